The van der Waals surface area contributed by atoms with Gasteiger partial charge in [0.05, 0.1) is 18.8 Å². The second kappa shape index (κ2) is 19.6. The number of fused-ring (bicyclic) bond motifs is 1. The van der Waals surface area contributed by atoms with Crippen molar-refractivity contribution >= 4 is 50.9 Å². The highest BCUT2D eigenvalue weighted by molar-refractivity contribution is 7.92. The number of hydrogen-bond acceptors (Lipinski definition) is 14. The summed E-state index contributed by atoms with van der Waals surface area (Å²) in [6.45, 7) is 0.878. The summed E-state index contributed by atoms with van der Waals surface area (Å²) in [5, 5.41) is 53.0. The number of nitriles is 1. The normalized spacial score (nSPS) is 12.3. The first-order valence-electron chi connectivity index (χ1n) is 17.7. The van der Waals surface area contributed by atoms with Gasteiger partial charge in [0.15, 0.2) is 34.5 Å². The third-order valence-electron chi connectivity index (χ3n) is 8.29. The van der Waals surface area contributed by atoms with Gasteiger partial charge < -0.3 is 50.0 Å². The minimum absolute atomic E-state index is 0.164. The van der Waals surface area contributed by atoms with Crippen molar-refractivity contribution in [2.75, 3.05) is 32.6 Å². The number of rotatable bonds is 20. The van der Waals surface area contributed by atoms with Crippen LogP contribution in [0.5, 0.6) is 40.2 Å². The first-order valence-corrected chi connectivity index (χ1v) is 21.8. The highest BCUT2D eigenvalue weighted by atomic mass is 32.2. The Kier molecular flexibility index (Phi) is 14.6. The Labute approximate surface area is 340 Å². The molecule has 5 aromatic rings. The van der Waals surface area contributed by atoms with Crippen molar-refractivity contribution in [1.82, 2.24) is 15.4 Å². The van der Waals surface area contributed by atoms with Gasteiger partial charge in [0.1, 0.15) is 28.1 Å². The van der Waals surface area contributed by atoms with Crippen LogP contribution in [0.3, 0.4) is 0 Å². The van der Waals surface area contributed by atoms with Crippen molar-refractivity contribution < 1.29 is 66.3 Å². The van der Waals surface area contributed by atoms with Crippen LogP contribution in [0, 0.1) is 17.1 Å². The zero-order chi connectivity index (χ0) is 42.7. The average Bonchev–Trinajstić information content (AvgIpc) is 3.62. The molecule has 0 aliphatic rings. The van der Waals surface area contributed by atoms with E-state index in [0.29, 0.717) is 35.8 Å². The molecule has 1 unspecified atom stereocenters. The molecule has 0 radical (unpaired) electrons. The molecule has 59 heavy (non-hydrogen) atoms. The first kappa shape index (κ1) is 44.0. The highest BCUT2D eigenvalue weighted by Crippen LogP contribution is 2.43. The number of unbranched alkanes of at least 4 members (excludes halogenated alkanes) is 2. The van der Waals surface area contributed by atoms with E-state index >= 15 is 0 Å². The predicted molar refractivity (Wildman–Crippen MR) is 212 cm³/mol. The third-order valence-corrected chi connectivity index (χ3v) is 12.5. The Morgan fingerprint density at radius 2 is 1.32 bits per heavy atom. The smallest absolute Gasteiger partial charge is 0.391 e. The number of phenolic OH excluding ortho intramolecular Hbond substituents is 4. The Bertz CT molecular complexity index is 2430. The van der Waals surface area contributed by atoms with E-state index in [1.807, 2.05) is 4.72 Å². The number of amides is 2. The molecule has 1 heterocycles. The van der Waals surface area contributed by atoms with Gasteiger partial charge in [0.2, 0.25) is 0 Å². The van der Waals surface area contributed by atoms with Crippen molar-refractivity contribution in [3.63, 3.8) is 0 Å². The number of carbonyl (C=O) groups excluding carboxylic acids is 2. The second-order valence-corrected chi connectivity index (χ2v) is 17.6. The summed E-state index contributed by atoms with van der Waals surface area (Å²) < 4.78 is 72.4. The molecular weight excluding hydrogens is 835 g/mol. The molecule has 1 aromatic heterocycles. The third kappa shape index (κ3) is 12.2. The Morgan fingerprint density at radius 3 is 1.85 bits per heavy atom. The number of hydrogen-bond donors (Lipinski definition) is 8. The number of nitrogens with zero attached hydrogens (tertiary/aromatic N) is 1. The van der Waals surface area contributed by atoms with E-state index in [-0.39, 0.29) is 76.0 Å². The molecule has 21 heteroatoms. The summed E-state index contributed by atoms with van der Waals surface area (Å²) in [6.07, 6.45) is 0.889. The van der Waals surface area contributed by atoms with Crippen LogP contribution < -0.4 is 29.4 Å². The molecule has 0 fully saturated rings. The van der Waals surface area contributed by atoms with Crippen LogP contribution in [-0.4, -0.2) is 78.1 Å². The van der Waals surface area contributed by atoms with Gasteiger partial charge in [0.25, 0.3) is 21.8 Å². The lowest BCUT2D eigenvalue weighted by molar-refractivity contribution is 0.0943. The van der Waals surface area contributed by atoms with Crippen LogP contribution in [0.25, 0.3) is 10.1 Å². The molecule has 0 saturated heterocycles. The molecule has 0 bridgehead atoms. The minimum atomic E-state index is -4.68. The van der Waals surface area contributed by atoms with E-state index in [4.69, 9.17) is 19.3 Å². The van der Waals surface area contributed by atoms with Crippen LogP contribution in [-0.2, 0) is 14.6 Å². The van der Waals surface area contributed by atoms with Crippen molar-refractivity contribution in [2.45, 2.75) is 29.9 Å². The van der Waals surface area contributed by atoms with Gasteiger partial charge in [-0.25, -0.2) is 17.4 Å². The van der Waals surface area contributed by atoms with E-state index in [0.717, 1.165) is 41.7 Å². The number of sulfonamides is 1. The summed E-state index contributed by atoms with van der Waals surface area (Å²) in [5.41, 5.74) is 0.0143. The second-order valence-electron chi connectivity index (χ2n) is 12.7. The SMILES string of the molecule is N#Cc1ccc(OP(=O)(O)CNS(=O)(=O)c2cc3cc(OCCCCNC(=O)c4ccc(O)c(O)c4)c(OCCCCNC(=O)c4ccc(O)c(O)c4)cc3s2)cc1F. The largest absolute Gasteiger partial charge is 0.504 e. The fraction of sp³-hybridized carbons (Fsp3) is 0.237. The number of nitrogens with one attached hydrogen (secondary N) is 3. The van der Waals surface area contributed by atoms with Crippen molar-refractivity contribution in [3.8, 4) is 46.3 Å². The number of aromatic hydroxyl groups is 4. The van der Waals surface area contributed by atoms with Crippen LogP contribution in [0.1, 0.15) is 52.0 Å². The predicted octanol–water partition coefficient (Wildman–Crippen LogP) is 5.41. The molecule has 0 aliphatic carbocycles. The summed E-state index contributed by atoms with van der Waals surface area (Å²) >= 11 is 0.846. The highest BCUT2D eigenvalue weighted by Gasteiger charge is 2.27. The van der Waals surface area contributed by atoms with Crippen LogP contribution in [0.4, 0.5) is 4.39 Å². The number of benzene rings is 4. The lowest BCUT2D eigenvalue weighted by atomic mass is 10.2. The monoisotopic (exact) mass is 872 g/mol. The van der Waals surface area contributed by atoms with Gasteiger partial charge in [0, 0.05) is 41.0 Å². The van der Waals surface area contributed by atoms with Gasteiger partial charge >= 0.3 is 7.60 Å². The van der Waals surface area contributed by atoms with Crippen LogP contribution in [0.15, 0.2) is 77.0 Å². The summed E-state index contributed by atoms with van der Waals surface area (Å²) in [4.78, 5) is 35.1. The molecule has 5 rings (SSSR count). The maximum Gasteiger partial charge on any atom is 0.391 e. The van der Waals surface area contributed by atoms with Crippen molar-refractivity contribution in [2.24, 2.45) is 0 Å². The fourth-order valence-electron chi connectivity index (χ4n) is 5.21. The van der Waals surface area contributed by atoms with Gasteiger partial charge in [-0.1, -0.05) is 0 Å². The molecule has 17 nitrogen and oxygen atoms in total. The number of carbonyl (C=O) groups is 2. The zero-order valence-corrected chi connectivity index (χ0v) is 33.4. The molecule has 2 amide bonds. The Morgan fingerprint density at radius 1 is 0.763 bits per heavy atom. The Hall–Kier alpha value is -6.10. The van der Waals surface area contributed by atoms with E-state index in [1.165, 1.54) is 30.3 Å². The summed E-state index contributed by atoms with van der Waals surface area (Å²) in [6, 6.07) is 16.4. The molecule has 8 N–H and O–H groups in total. The van der Waals surface area contributed by atoms with Crippen LogP contribution in [0.2, 0.25) is 0 Å². The van der Waals surface area contributed by atoms with E-state index in [2.05, 4.69) is 10.6 Å². The maximum atomic E-state index is 14.0. The van der Waals surface area contributed by atoms with Crippen LogP contribution >= 0.6 is 18.9 Å². The summed E-state index contributed by atoms with van der Waals surface area (Å²) in [5.74, 6) is -3.26. The van der Waals surface area contributed by atoms with Crippen molar-refractivity contribution in [3.05, 3.63) is 95.3 Å². The van der Waals surface area contributed by atoms with Crippen molar-refractivity contribution in [1.29, 1.82) is 5.26 Å². The standard InChI is InChI=1S/C38H38FN4O13PS2/c39-28-19-27(8-5-25(28)21-40)56-57(50,51)22-43-59(52,53)36-18-26-17-33(54-13-3-1-11-41-37(48)23-6-9-29(44)31(46)15-23)34(20-35(26)58-36)55-14-4-2-12-42-38(49)24-7-10-30(45)32(47)16-24/h5-10,15-20,43-47H,1-4,11-14,22H2,(H,41,48)(H,42,49)(H,50,51). The first-order chi connectivity index (χ1) is 28.0. The quantitative estimate of drug-likeness (QED) is 0.0276. The van der Waals surface area contributed by atoms with Gasteiger partial charge in [-0.2, -0.15) is 9.98 Å². The Balaban J connectivity index is 1.21. The molecule has 0 saturated carbocycles. The average molecular weight is 873 g/mol. The molecule has 1 atom stereocenters. The lowest BCUT2D eigenvalue weighted by Crippen LogP contribution is -2.25. The summed E-state index contributed by atoms with van der Waals surface area (Å²) in [7, 11) is -9.05. The zero-order valence-electron chi connectivity index (χ0n) is 30.9. The lowest BCUT2D eigenvalue weighted by Gasteiger charge is -2.14. The minimum Gasteiger partial charge on any atom is -0.504 e. The molecular formula is C38H38FN4O13PS2. The molecule has 0 aliphatic heterocycles. The van der Waals surface area contributed by atoms with Gasteiger partial charge in [-0.15, -0.1) is 11.3 Å². The molecule has 4 aromatic carbocycles. The van der Waals surface area contributed by atoms with E-state index in [9.17, 15) is 52.3 Å². The van der Waals surface area contributed by atoms with E-state index in [1.54, 1.807) is 18.2 Å². The number of ether oxygens (including phenoxy) is 2. The number of halogens is 1. The molecule has 0 spiro atoms. The topological polar surface area (TPSA) is 274 Å². The maximum absolute atomic E-state index is 14.0. The number of thiophene rings is 1. The molecule has 312 valence electrons. The number of phenols is 4. The van der Waals surface area contributed by atoms with Gasteiger partial charge in [-0.3, -0.25) is 9.59 Å². The van der Waals surface area contributed by atoms with Gasteiger partial charge in [-0.05, 0) is 91.7 Å². The fourth-order valence-corrected chi connectivity index (χ4v) is 9.17. The van der Waals surface area contributed by atoms with E-state index < -0.39 is 53.0 Å².